The summed E-state index contributed by atoms with van der Waals surface area (Å²) in [5, 5.41) is 3.42. The molecule has 0 radical (unpaired) electrons. The average molecular weight is 364 g/mol. The van der Waals surface area contributed by atoms with E-state index in [1.807, 2.05) is 31.2 Å². The van der Waals surface area contributed by atoms with Gasteiger partial charge in [0.15, 0.2) is 6.10 Å². The van der Waals surface area contributed by atoms with E-state index in [-0.39, 0.29) is 11.9 Å². The molecule has 0 aliphatic rings. The van der Waals surface area contributed by atoms with E-state index in [2.05, 4.69) is 5.32 Å². The summed E-state index contributed by atoms with van der Waals surface area (Å²) < 4.78 is 16.3. The first kappa shape index (κ1) is 18.9. The Morgan fingerprint density at radius 3 is 2.40 bits per heavy atom. The molecule has 0 aromatic heterocycles. The molecule has 0 bridgehead atoms. The van der Waals surface area contributed by atoms with E-state index in [0.717, 1.165) is 5.75 Å². The zero-order chi connectivity index (χ0) is 18.2. The molecule has 6 heteroatoms. The van der Waals surface area contributed by atoms with Gasteiger partial charge in [0.1, 0.15) is 23.9 Å². The maximum atomic E-state index is 12.2. The van der Waals surface area contributed by atoms with Gasteiger partial charge >= 0.3 is 0 Å². The van der Waals surface area contributed by atoms with Crippen LogP contribution in [0.1, 0.15) is 13.8 Å². The number of rotatable bonds is 8. The quantitative estimate of drug-likeness (QED) is 0.777. The zero-order valence-electron chi connectivity index (χ0n) is 14.5. The number of nitrogens with one attached hydrogen (secondary N) is 1. The molecule has 0 saturated heterocycles. The molecule has 2 atom stereocenters. The number of amides is 1. The van der Waals surface area contributed by atoms with Gasteiger partial charge in [0.05, 0.1) is 13.2 Å². The number of methoxy groups -OCH3 is 1. The first-order chi connectivity index (χ1) is 12.0. The highest BCUT2D eigenvalue weighted by molar-refractivity contribution is 6.30. The Bertz CT molecular complexity index is 690. The molecular weight excluding hydrogens is 342 g/mol. The van der Waals surface area contributed by atoms with Crippen LogP contribution < -0.4 is 19.5 Å². The lowest BCUT2D eigenvalue weighted by molar-refractivity contribution is -0.128. The van der Waals surface area contributed by atoms with Crippen molar-refractivity contribution in [1.29, 1.82) is 0 Å². The Labute approximate surface area is 152 Å². The second-order valence-electron chi connectivity index (χ2n) is 5.61. The molecule has 0 aliphatic carbocycles. The van der Waals surface area contributed by atoms with E-state index in [1.165, 1.54) is 0 Å². The standard InChI is InChI=1S/C19H22ClNO4/c1-13(12-24-17-9-7-16(23-3)8-10-17)21-19(22)14(2)25-18-6-4-5-15(20)11-18/h4-11,13-14H,12H2,1-3H3,(H,21,22)/t13-,14-/m0/s1. The first-order valence-corrected chi connectivity index (χ1v) is 8.35. The van der Waals surface area contributed by atoms with Gasteiger partial charge < -0.3 is 19.5 Å². The number of carbonyl (C=O) groups excluding carboxylic acids is 1. The van der Waals surface area contributed by atoms with Crippen molar-refractivity contribution in [3.05, 3.63) is 53.6 Å². The van der Waals surface area contributed by atoms with E-state index in [4.69, 9.17) is 25.8 Å². The van der Waals surface area contributed by atoms with Gasteiger partial charge in [0.25, 0.3) is 5.91 Å². The second kappa shape index (κ2) is 9.18. The number of hydrogen-bond donors (Lipinski definition) is 1. The third kappa shape index (κ3) is 6.19. The van der Waals surface area contributed by atoms with Gasteiger partial charge in [-0.3, -0.25) is 4.79 Å². The van der Waals surface area contributed by atoms with Gasteiger partial charge in [-0.2, -0.15) is 0 Å². The van der Waals surface area contributed by atoms with Crippen LogP contribution in [-0.2, 0) is 4.79 Å². The van der Waals surface area contributed by atoms with Crippen LogP contribution in [-0.4, -0.2) is 31.8 Å². The topological polar surface area (TPSA) is 56.8 Å². The molecule has 2 aromatic rings. The number of halogens is 1. The fourth-order valence-corrected chi connectivity index (χ4v) is 2.27. The van der Waals surface area contributed by atoms with E-state index in [0.29, 0.717) is 23.1 Å². The lowest BCUT2D eigenvalue weighted by atomic mass is 10.3. The zero-order valence-corrected chi connectivity index (χ0v) is 15.2. The van der Waals surface area contributed by atoms with Crippen LogP contribution in [0.15, 0.2) is 48.5 Å². The summed E-state index contributed by atoms with van der Waals surface area (Å²) in [4.78, 5) is 12.2. The molecule has 1 amide bonds. The molecule has 2 rings (SSSR count). The summed E-state index contributed by atoms with van der Waals surface area (Å²) in [6, 6.07) is 14.0. The third-order valence-corrected chi connectivity index (χ3v) is 3.66. The summed E-state index contributed by atoms with van der Waals surface area (Å²) in [5.41, 5.74) is 0. The van der Waals surface area contributed by atoms with Crippen molar-refractivity contribution in [2.75, 3.05) is 13.7 Å². The molecule has 0 heterocycles. The smallest absolute Gasteiger partial charge is 0.261 e. The number of carbonyl (C=O) groups is 1. The largest absolute Gasteiger partial charge is 0.497 e. The molecule has 0 saturated carbocycles. The normalized spacial score (nSPS) is 12.8. The Morgan fingerprint density at radius 2 is 1.76 bits per heavy atom. The summed E-state index contributed by atoms with van der Waals surface area (Å²) >= 11 is 5.91. The van der Waals surface area contributed by atoms with Crippen LogP contribution >= 0.6 is 11.6 Å². The lowest BCUT2D eigenvalue weighted by Crippen LogP contribution is -2.43. The fourth-order valence-electron chi connectivity index (χ4n) is 2.09. The van der Waals surface area contributed by atoms with Crippen molar-refractivity contribution in [3.8, 4) is 17.2 Å². The average Bonchev–Trinajstić information content (AvgIpc) is 2.60. The maximum absolute atomic E-state index is 12.2. The van der Waals surface area contributed by atoms with Crippen molar-refractivity contribution < 1.29 is 19.0 Å². The summed E-state index contributed by atoms with van der Waals surface area (Å²) in [7, 11) is 1.61. The van der Waals surface area contributed by atoms with Crippen molar-refractivity contribution >= 4 is 17.5 Å². The highest BCUT2D eigenvalue weighted by Gasteiger charge is 2.17. The van der Waals surface area contributed by atoms with Gasteiger partial charge in [-0.15, -0.1) is 0 Å². The summed E-state index contributed by atoms with van der Waals surface area (Å²) in [5.74, 6) is 1.81. The molecule has 0 unspecified atom stereocenters. The maximum Gasteiger partial charge on any atom is 0.261 e. The van der Waals surface area contributed by atoms with Gasteiger partial charge in [-0.25, -0.2) is 0 Å². The third-order valence-electron chi connectivity index (χ3n) is 3.43. The fraction of sp³-hybridized carbons (Fsp3) is 0.316. The minimum absolute atomic E-state index is 0.167. The van der Waals surface area contributed by atoms with Crippen LogP contribution in [0.5, 0.6) is 17.2 Å². The van der Waals surface area contributed by atoms with Crippen LogP contribution in [0.4, 0.5) is 0 Å². The van der Waals surface area contributed by atoms with Gasteiger partial charge in [-0.1, -0.05) is 17.7 Å². The predicted octanol–water partition coefficient (Wildman–Crippen LogP) is 3.70. The molecule has 0 spiro atoms. The molecule has 5 nitrogen and oxygen atoms in total. The molecule has 25 heavy (non-hydrogen) atoms. The Kier molecular flexibility index (Phi) is 6.95. The van der Waals surface area contributed by atoms with E-state index in [1.54, 1.807) is 38.3 Å². The first-order valence-electron chi connectivity index (χ1n) is 7.97. The molecule has 0 aliphatic heterocycles. The number of hydrogen-bond acceptors (Lipinski definition) is 4. The van der Waals surface area contributed by atoms with Crippen molar-refractivity contribution in [3.63, 3.8) is 0 Å². The SMILES string of the molecule is COc1ccc(OC[C@H](C)NC(=O)[C@H](C)Oc2cccc(Cl)c2)cc1. The number of benzene rings is 2. The molecule has 1 N–H and O–H groups in total. The summed E-state index contributed by atoms with van der Waals surface area (Å²) in [6.45, 7) is 3.91. The van der Waals surface area contributed by atoms with E-state index < -0.39 is 6.10 Å². The Hall–Kier alpha value is -2.40. The van der Waals surface area contributed by atoms with E-state index in [9.17, 15) is 4.79 Å². The van der Waals surface area contributed by atoms with Gasteiger partial charge in [0, 0.05) is 5.02 Å². The van der Waals surface area contributed by atoms with Crippen molar-refractivity contribution in [1.82, 2.24) is 5.32 Å². The van der Waals surface area contributed by atoms with Crippen LogP contribution in [0, 0.1) is 0 Å². The molecular formula is C19H22ClNO4. The van der Waals surface area contributed by atoms with Crippen LogP contribution in [0.25, 0.3) is 0 Å². The Balaban J connectivity index is 1.78. The summed E-state index contributed by atoms with van der Waals surface area (Å²) in [6.07, 6.45) is -0.637. The molecule has 2 aromatic carbocycles. The minimum atomic E-state index is -0.637. The van der Waals surface area contributed by atoms with Crippen molar-refractivity contribution in [2.45, 2.75) is 26.0 Å². The van der Waals surface area contributed by atoms with Crippen molar-refractivity contribution in [2.24, 2.45) is 0 Å². The highest BCUT2D eigenvalue weighted by atomic mass is 35.5. The van der Waals surface area contributed by atoms with Gasteiger partial charge in [0.2, 0.25) is 0 Å². The van der Waals surface area contributed by atoms with Gasteiger partial charge in [-0.05, 0) is 56.3 Å². The van der Waals surface area contributed by atoms with Crippen LogP contribution in [0.2, 0.25) is 5.02 Å². The van der Waals surface area contributed by atoms with Crippen LogP contribution in [0.3, 0.4) is 0 Å². The lowest BCUT2D eigenvalue weighted by Gasteiger charge is -2.19. The predicted molar refractivity (Wildman–Crippen MR) is 97.6 cm³/mol. The molecule has 134 valence electrons. The van der Waals surface area contributed by atoms with E-state index >= 15 is 0 Å². The second-order valence-corrected chi connectivity index (χ2v) is 6.05. The monoisotopic (exact) mass is 363 g/mol. The number of ether oxygens (including phenoxy) is 3. The molecule has 0 fully saturated rings. The minimum Gasteiger partial charge on any atom is -0.497 e. The Morgan fingerprint density at radius 1 is 1.08 bits per heavy atom. The highest BCUT2D eigenvalue weighted by Crippen LogP contribution is 2.19.